The van der Waals surface area contributed by atoms with Gasteiger partial charge in [-0.25, -0.2) is 22.8 Å². The number of halogens is 8. The number of esters is 3. The van der Waals surface area contributed by atoms with Gasteiger partial charge < -0.3 is 30.2 Å². The standard InChI is InChI=1S/C36H29F8N3O9/c1-15(46-31(50)21-6-4-12-45-21)30(49)35(33(52)56-34(53)36(42,43)44)11-10-17-5-3-7-22(20(17)14-35)54-23-9-8-18(47-16(2)48)13-19(23)32(51)55-29-27(40)25(38)24(37)26(39)28(29)41/h3,5,7-9,13,15,21,45H,4,6,10-12,14H2,1-2H3,(H,46,50)(H,47,48)/t15-,21+,35-/m0/s1. The van der Waals surface area contributed by atoms with E-state index >= 15 is 0 Å². The first kappa shape index (κ1) is 41.2. The van der Waals surface area contributed by atoms with E-state index < -0.39 is 118 Å². The molecule has 1 fully saturated rings. The summed E-state index contributed by atoms with van der Waals surface area (Å²) in [5, 5.41) is 7.65. The van der Waals surface area contributed by atoms with Gasteiger partial charge in [-0.15, -0.1) is 0 Å². The van der Waals surface area contributed by atoms with Crippen molar-refractivity contribution in [1.29, 1.82) is 0 Å². The van der Waals surface area contributed by atoms with Crippen LogP contribution in [0.15, 0.2) is 36.4 Å². The molecule has 5 rings (SSSR count). The fraction of sp³-hybridized carbons (Fsp3) is 0.333. The summed E-state index contributed by atoms with van der Waals surface area (Å²) in [5.41, 5.74) is -3.14. The highest BCUT2D eigenvalue weighted by Crippen LogP contribution is 2.44. The van der Waals surface area contributed by atoms with E-state index in [4.69, 9.17) is 4.74 Å². The van der Waals surface area contributed by atoms with Crippen LogP contribution in [0.2, 0.25) is 0 Å². The number of rotatable bonds is 10. The maximum absolute atomic E-state index is 14.5. The Morgan fingerprint density at radius 1 is 0.911 bits per heavy atom. The Bertz CT molecular complexity index is 2110. The lowest BCUT2D eigenvalue weighted by molar-refractivity contribution is -0.205. The van der Waals surface area contributed by atoms with Crippen molar-refractivity contribution in [3.05, 3.63) is 82.2 Å². The van der Waals surface area contributed by atoms with Crippen molar-refractivity contribution in [3.63, 3.8) is 0 Å². The molecule has 1 saturated heterocycles. The van der Waals surface area contributed by atoms with Crippen LogP contribution in [0.25, 0.3) is 0 Å². The summed E-state index contributed by atoms with van der Waals surface area (Å²) in [6, 6.07) is 4.98. The highest BCUT2D eigenvalue weighted by molar-refractivity contribution is 6.10. The van der Waals surface area contributed by atoms with Crippen molar-refractivity contribution in [1.82, 2.24) is 10.6 Å². The van der Waals surface area contributed by atoms with E-state index in [1.165, 1.54) is 31.2 Å². The molecule has 0 radical (unpaired) electrons. The number of fused-ring (bicyclic) bond motifs is 1. The molecule has 3 N–H and O–H groups in total. The molecule has 1 aliphatic carbocycles. The fourth-order valence-electron chi connectivity index (χ4n) is 6.31. The molecule has 1 aliphatic heterocycles. The number of ether oxygens (including phenoxy) is 3. The predicted octanol–water partition coefficient (Wildman–Crippen LogP) is 5.29. The number of carbonyl (C=O) groups is 6. The van der Waals surface area contributed by atoms with Crippen LogP contribution >= 0.6 is 0 Å². The van der Waals surface area contributed by atoms with E-state index in [1.807, 2.05) is 0 Å². The molecule has 3 atom stereocenters. The van der Waals surface area contributed by atoms with Gasteiger partial charge in [0.05, 0.1) is 12.1 Å². The van der Waals surface area contributed by atoms with Gasteiger partial charge in [0.15, 0.2) is 5.78 Å². The molecule has 0 spiro atoms. The van der Waals surface area contributed by atoms with Gasteiger partial charge in [-0.1, -0.05) is 12.1 Å². The lowest BCUT2D eigenvalue weighted by atomic mass is 9.67. The molecular weight excluding hydrogens is 770 g/mol. The maximum atomic E-state index is 14.5. The van der Waals surface area contributed by atoms with Crippen molar-refractivity contribution >= 4 is 41.2 Å². The number of aryl methyl sites for hydroxylation is 1. The average Bonchev–Trinajstić information content (AvgIpc) is 3.70. The molecule has 3 aromatic rings. The van der Waals surface area contributed by atoms with Gasteiger partial charge in [0.1, 0.15) is 22.5 Å². The van der Waals surface area contributed by atoms with Gasteiger partial charge in [-0.2, -0.15) is 22.0 Å². The first-order valence-electron chi connectivity index (χ1n) is 16.6. The first-order valence-corrected chi connectivity index (χ1v) is 16.6. The Hall–Kier alpha value is -5.92. The average molecular weight is 800 g/mol. The normalized spacial score (nSPS) is 18.3. The van der Waals surface area contributed by atoms with E-state index in [0.717, 1.165) is 19.1 Å². The molecule has 3 aromatic carbocycles. The number of benzene rings is 3. The number of anilines is 1. The molecule has 0 saturated carbocycles. The zero-order valence-electron chi connectivity index (χ0n) is 29.1. The van der Waals surface area contributed by atoms with Crippen molar-refractivity contribution in [2.45, 2.75) is 64.2 Å². The Kier molecular flexibility index (Phi) is 11.8. The van der Waals surface area contributed by atoms with Crippen molar-refractivity contribution in [2.24, 2.45) is 5.41 Å². The summed E-state index contributed by atoms with van der Waals surface area (Å²) in [6.45, 7) is 2.77. The lowest BCUT2D eigenvalue weighted by Gasteiger charge is -2.37. The minimum absolute atomic E-state index is 0.0375. The molecule has 2 amide bonds. The number of alkyl halides is 3. The number of Topliss-reactive ketones (excluding diaryl/α,β-unsaturated/α-hetero) is 1. The third-order valence-electron chi connectivity index (χ3n) is 9.04. The minimum atomic E-state index is -5.64. The predicted molar refractivity (Wildman–Crippen MR) is 174 cm³/mol. The number of amides is 2. The minimum Gasteiger partial charge on any atom is -0.456 e. The van der Waals surface area contributed by atoms with E-state index in [0.29, 0.717) is 24.9 Å². The summed E-state index contributed by atoms with van der Waals surface area (Å²) in [4.78, 5) is 77.4. The van der Waals surface area contributed by atoms with Crippen LogP contribution in [0.4, 0.5) is 40.8 Å². The largest absolute Gasteiger partial charge is 0.491 e. The SMILES string of the molecule is CC(=O)Nc1ccc(Oc2cccc3c2C[C@](C(=O)OC(=O)C(F)(F)F)(C(=O)[C@H](C)NC(=O)[C@H]2CCCN2)CC3)c(C(=O)Oc2c(F)c(F)c(F)c(F)c2F)c1. The summed E-state index contributed by atoms with van der Waals surface area (Å²) in [5.74, 6) is -24.1. The monoisotopic (exact) mass is 799 g/mol. The molecule has 0 unspecified atom stereocenters. The zero-order valence-corrected chi connectivity index (χ0v) is 29.1. The Labute approximate surface area is 310 Å². The fourth-order valence-corrected chi connectivity index (χ4v) is 6.31. The molecule has 0 aromatic heterocycles. The molecule has 56 heavy (non-hydrogen) atoms. The van der Waals surface area contributed by atoms with Gasteiger partial charge >= 0.3 is 24.1 Å². The second kappa shape index (κ2) is 16.0. The molecule has 298 valence electrons. The van der Waals surface area contributed by atoms with E-state index in [-0.39, 0.29) is 23.4 Å². The van der Waals surface area contributed by atoms with Crippen LogP contribution in [-0.4, -0.2) is 60.3 Å². The topological polar surface area (TPSA) is 166 Å². The highest BCUT2D eigenvalue weighted by Gasteiger charge is 2.54. The van der Waals surface area contributed by atoms with Crippen LogP contribution in [0.1, 0.15) is 54.6 Å². The molecule has 20 heteroatoms. The van der Waals surface area contributed by atoms with Crippen LogP contribution in [-0.2, 0) is 41.6 Å². The lowest BCUT2D eigenvalue weighted by Crippen LogP contribution is -2.55. The number of hydrogen-bond donors (Lipinski definition) is 3. The van der Waals surface area contributed by atoms with E-state index in [2.05, 4.69) is 25.4 Å². The van der Waals surface area contributed by atoms with Crippen LogP contribution in [0, 0.1) is 34.5 Å². The smallest absolute Gasteiger partial charge is 0.456 e. The highest BCUT2D eigenvalue weighted by atomic mass is 19.4. The number of nitrogens with one attached hydrogen (secondary N) is 3. The van der Waals surface area contributed by atoms with Crippen molar-refractivity contribution < 1.29 is 78.1 Å². The quantitative estimate of drug-likeness (QED) is 0.0613. The van der Waals surface area contributed by atoms with Gasteiger partial charge in [0, 0.05) is 12.6 Å². The summed E-state index contributed by atoms with van der Waals surface area (Å²) >= 11 is 0. The molecule has 0 bridgehead atoms. The second-order valence-electron chi connectivity index (χ2n) is 12.9. The van der Waals surface area contributed by atoms with E-state index in [9.17, 15) is 63.9 Å². The Morgan fingerprint density at radius 2 is 1.57 bits per heavy atom. The second-order valence-corrected chi connectivity index (χ2v) is 12.9. The molecule has 12 nitrogen and oxygen atoms in total. The molecule has 2 aliphatic rings. The van der Waals surface area contributed by atoms with Gasteiger partial charge in [0.25, 0.3) is 0 Å². The molecule has 1 heterocycles. The van der Waals surface area contributed by atoms with Crippen LogP contribution < -0.4 is 25.4 Å². The number of carbonyl (C=O) groups excluding carboxylic acids is 6. The molecular formula is C36H29F8N3O9. The van der Waals surface area contributed by atoms with E-state index in [1.54, 1.807) is 0 Å². The summed E-state index contributed by atoms with van der Waals surface area (Å²) < 4.78 is 125. The maximum Gasteiger partial charge on any atom is 0.491 e. The Morgan fingerprint density at radius 3 is 2.18 bits per heavy atom. The number of hydrogen-bond acceptors (Lipinski definition) is 10. The third kappa shape index (κ3) is 8.33. The van der Waals surface area contributed by atoms with Gasteiger partial charge in [-0.3, -0.25) is 19.2 Å². The number of ketones is 1. The summed E-state index contributed by atoms with van der Waals surface area (Å²) in [7, 11) is 0. The summed E-state index contributed by atoms with van der Waals surface area (Å²) in [6.07, 6.45) is -6.08. The van der Waals surface area contributed by atoms with Crippen LogP contribution in [0.3, 0.4) is 0 Å². The van der Waals surface area contributed by atoms with Gasteiger partial charge in [-0.05, 0) is 81.0 Å². The van der Waals surface area contributed by atoms with Gasteiger partial charge in [0.2, 0.25) is 46.6 Å². The van der Waals surface area contributed by atoms with Crippen LogP contribution in [0.5, 0.6) is 17.2 Å². The third-order valence-corrected chi connectivity index (χ3v) is 9.04. The Balaban J connectivity index is 1.55. The van der Waals surface area contributed by atoms with Crippen molar-refractivity contribution in [2.75, 3.05) is 11.9 Å². The first-order chi connectivity index (χ1) is 26.2. The van der Waals surface area contributed by atoms with Crippen molar-refractivity contribution in [3.8, 4) is 17.2 Å². The zero-order chi connectivity index (χ0) is 41.3.